The molecule has 5 nitrogen and oxygen atoms in total. The van der Waals surface area contributed by atoms with Gasteiger partial charge in [-0.25, -0.2) is 4.98 Å². The van der Waals surface area contributed by atoms with E-state index in [9.17, 15) is 0 Å². The van der Waals surface area contributed by atoms with Crippen molar-refractivity contribution >= 4 is 5.52 Å². The molecule has 0 spiro atoms. The zero-order valence-corrected chi connectivity index (χ0v) is 13.7. The van der Waals surface area contributed by atoms with E-state index in [1.807, 2.05) is 30.5 Å². The first-order chi connectivity index (χ1) is 11.2. The lowest BCUT2D eigenvalue weighted by Crippen LogP contribution is -2.12. The van der Waals surface area contributed by atoms with Crippen LogP contribution >= 0.6 is 0 Å². The van der Waals surface area contributed by atoms with Gasteiger partial charge in [-0.15, -0.1) is 0 Å². The Hall–Kier alpha value is -2.53. The van der Waals surface area contributed by atoms with Crippen LogP contribution < -0.4 is 9.47 Å². The van der Waals surface area contributed by atoms with Crippen molar-refractivity contribution in [3.8, 4) is 11.6 Å². The number of fused-ring (bicyclic) bond motifs is 1. The molecule has 2 aromatic heterocycles. The molecular weight excluding hydrogens is 290 g/mol. The molecule has 0 amide bonds. The summed E-state index contributed by atoms with van der Waals surface area (Å²) < 4.78 is 13.2. The van der Waals surface area contributed by atoms with Crippen molar-refractivity contribution in [2.75, 3.05) is 21.2 Å². The first-order valence-electron chi connectivity index (χ1n) is 7.53. The summed E-state index contributed by atoms with van der Waals surface area (Å²) in [4.78, 5) is 6.51. The fourth-order valence-electron chi connectivity index (χ4n) is 2.51. The molecule has 0 aliphatic rings. The van der Waals surface area contributed by atoms with Crippen molar-refractivity contribution < 1.29 is 9.47 Å². The molecule has 0 N–H and O–H groups in total. The largest absolute Gasteiger partial charge is 0.497 e. The predicted molar refractivity (Wildman–Crippen MR) is 89.9 cm³/mol. The lowest BCUT2D eigenvalue weighted by molar-refractivity contribution is 0.296. The van der Waals surface area contributed by atoms with Gasteiger partial charge in [0.2, 0.25) is 5.88 Å². The molecule has 1 aromatic carbocycles. The van der Waals surface area contributed by atoms with Crippen molar-refractivity contribution in [1.29, 1.82) is 0 Å². The van der Waals surface area contributed by atoms with E-state index in [4.69, 9.17) is 9.47 Å². The number of ether oxygens (including phenoxy) is 2. The molecule has 0 saturated heterocycles. The zero-order valence-electron chi connectivity index (χ0n) is 13.7. The van der Waals surface area contributed by atoms with E-state index in [1.165, 1.54) is 5.69 Å². The van der Waals surface area contributed by atoms with E-state index < -0.39 is 0 Å². The summed E-state index contributed by atoms with van der Waals surface area (Å²) in [5, 5.41) is 0. The average Bonchev–Trinajstić information content (AvgIpc) is 2.96. The molecule has 2 heterocycles. The zero-order chi connectivity index (χ0) is 16.2. The molecule has 0 atom stereocenters. The van der Waals surface area contributed by atoms with Crippen molar-refractivity contribution in [2.24, 2.45) is 0 Å². The van der Waals surface area contributed by atoms with E-state index in [2.05, 4.69) is 40.5 Å². The minimum absolute atomic E-state index is 0.477. The minimum atomic E-state index is 0.477. The van der Waals surface area contributed by atoms with Crippen LogP contribution in [0.1, 0.15) is 11.3 Å². The van der Waals surface area contributed by atoms with Crippen molar-refractivity contribution in [3.63, 3.8) is 0 Å². The van der Waals surface area contributed by atoms with Crippen LogP contribution in [0, 0.1) is 0 Å². The minimum Gasteiger partial charge on any atom is -0.497 e. The number of methoxy groups -OCH3 is 1. The van der Waals surface area contributed by atoms with Crippen LogP contribution in [-0.4, -0.2) is 35.5 Å². The maximum absolute atomic E-state index is 5.91. The number of benzene rings is 1. The summed E-state index contributed by atoms with van der Waals surface area (Å²) in [5.74, 6) is 1.49. The van der Waals surface area contributed by atoms with Crippen LogP contribution in [0.25, 0.3) is 5.52 Å². The monoisotopic (exact) mass is 311 g/mol. The molecule has 0 bridgehead atoms. The fourth-order valence-corrected chi connectivity index (χ4v) is 2.51. The summed E-state index contributed by atoms with van der Waals surface area (Å²) in [6, 6.07) is 12.0. The standard InChI is InChI=1S/C18H21N3O2/c1-20(2)12-15-6-9-17-18(19-10-11-21(15)17)23-13-14-4-7-16(22-3)8-5-14/h4-11H,12-13H2,1-3H3. The summed E-state index contributed by atoms with van der Waals surface area (Å²) in [5.41, 5.74) is 3.27. The van der Waals surface area contributed by atoms with E-state index in [-0.39, 0.29) is 0 Å². The second-order valence-corrected chi connectivity index (χ2v) is 5.69. The quantitative estimate of drug-likeness (QED) is 0.701. The van der Waals surface area contributed by atoms with Gasteiger partial charge in [-0.1, -0.05) is 12.1 Å². The fraction of sp³-hybridized carbons (Fsp3) is 0.278. The number of nitrogens with zero attached hydrogens (tertiary/aromatic N) is 3. The summed E-state index contributed by atoms with van der Waals surface area (Å²) >= 11 is 0. The van der Waals surface area contributed by atoms with Crippen molar-refractivity contribution in [2.45, 2.75) is 13.2 Å². The molecular formula is C18H21N3O2. The van der Waals surface area contributed by atoms with Gasteiger partial charge in [-0.2, -0.15) is 0 Å². The van der Waals surface area contributed by atoms with E-state index in [1.54, 1.807) is 13.3 Å². The van der Waals surface area contributed by atoms with E-state index >= 15 is 0 Å². The second-order valence-electron chi connectivity index (χ2n) is 5.69. The molecule has 23 heavy (non-hydrogen) atoms. The third kappa shape index (κ3) is 3.46. The van der Waals surface area contributed by atoms with Crippen LogP contribution in [0.2, 0.25) is 0 Å². The molecule has 3 aromatic rings. The SMILES string of the molecule is COc1ccc(COc2nccn3c(CN(C)C)ccc23)cc1. The Bertz CT molecular complexity index is 779. The Labute approximate surface area is 136 Å². The highest BCUT2D eigenvalue weighted by atomic mass is 16.5. The van der Waals surface area contributed by atoms with Crippen molar-refractivity contribution in [3.05, 3.63) is 60.0 Å². The Morgan fingerprint density at radius 3 is 2.57 bits per heavy atom. The van der Waals surface area contributed by atoms with Crippen LogP contribution in [0.4, 0.5) is 0 Å². The summed E-state index contributed by atoms with van der Waals surface area (Å²) in [7, 11) is 5.78. The third-order valence-electron chi connectivity index (χ3n) is 3.64. The van der Waals surface area contributed by atoms with Crippen LogP contribution in [-0.2, 0) is 13.2 Å². The second kappa shape index (κ2) is 6.71. The number of hydrogen-bond donors (Lipinski definition) is 0. The molecule has 5 heteroatoms. The Kier molecular flexibility index (Phi) is 4.48. The Morgan fingerprint density at radius 2 is 1.87 bits per heavy atom. The number of hydrogen-bond acceptors (Lipinski definition) is 4. The first-order valence-corrected chi connectivity index (χ1v) is 7.53. The molecule has 0 radical (unpaired) electrons. The van der Waals surface area contributed by atoms with Gasteiger partial charge < -0.3 is 18.8 Å². The van der Waals surface area contributed by atoms with Gasteiger partial charge in [0.05, 0.1) is 7.11 Å². The van der Waals surface area contributed by atoms with Gasteiger partial charge in [-0.05, 0) is 43.9 Å². The van der Waals surface area contributed by atoms with Crippen LogP contribution in [0.15, 0.2) is 48.8 Å². The van der Waals surface area contributed by atoms with E-state index in [0.717, 1.165) is 23.4 Å². The molecule has 3 rings (SSSR count). The van der Waals surface area contributed by atoms with E-state index in [0.29, 0.717) is 12.5 Å². The van der Waals surface area contributed by atoms with Gasteiger partial charge in [0.25, 0.3) is 0 Å². The molecule has 0 aliphatic heterocycles. The summed E-state index contributed by atoms with van der Waals surface area (Å²) in [6.07, 6.45) is 3.74. The highest BCUT2D eigenvalue weighted by Gasteiger charge is 2.09. The topological polar surface area (TPSA) is 39.0 Å². The lowest BCUT2D eigenvalue weighted by Gasteiger charge is -2.11. The number of aromatic nitrogens is 2. The van der Waals surface area contributed by atoms with Crippen molar-refractivity contribution in [1.82, 2.24) is 14.3 Å². The molecule has 0 unspecified atom stereocenters. The molecule has 0 aliphatic carbocycles. The Morgan fingerprint density at radius 1 is 1.09 bits per heavy atom. The van der Waals surface area contributed by atoms with Crippen LogP contribution in [0.5, 0.6) is 11.6 Å². The molecule has 0 saturated carbocycles. The van der Waals surface area contributed by atoms with Gasteiger partial charge in [0.15, 0.2) is 0 Å². The smallest absolute Gasteiger partial charge is 0.238 e. The third-order valence-corrected chi connectivity index (χ3v) is 3.64. The lowest BCUT2D eigenvalue weighted by atomic mass is 10.2. The van der Waals surface area contributed by atoms with Crippen LogP contribution in [0.3, 0.4) is 0 Å². The first kappa shape index (κ1) is 15.4. The Balaban J connectivity index is 1.78. The number of rotatable bonds is 6. The highest BCUT2D eigenvalue weighted by molar-refractivity contribution is 5.58. The molecule has 0 fully saturated rings. The van der Waals surface area contributed by atoms with Gasteiger partial charge in [-0.3, -0.25) is 0 Å². The molecule has 120 valence electrons. The predicted octanol–water partition coefficient (Wildman–Crippen LogP) is 2.98. The maximum Gasteiger partial charge on any atom is 0.238 e. The summed E-state index contributed by atoms with van der Waals surface area (Å²) in [6.45, 7) is 1.35. The average molecular weight is 311 g/mol. The highest BCUT2D eigenvalue weighted by Crippen LogP contribution is 2.21. The normalized spacial score (nSPS) is 11.1. The van der Waals surface area contributed by atoms with Gasteiger partial charge in [0, 0.05) is 24.6 Å². The van der Waals surface area contributed by atoms with Gasteiger partial charge in [0.1, 0.15) is 17.9 Å². The maximum atomic E-state index is 5.91. The van der Waals surface area contributed by atoms with Gasteiger partial charge >= 0.3 is 0 Å².